The average molecular weight is 321 g/mol. The lowest BCUT2D eigenvalue weighted by Gasteiger charge is -2.42. The van der Waals surface area contributed by atoms with Gasteiger partial charge in [-0.3, -0.25) is 4.79 Å². The molecule has 1 unspecified atom stereocenters. The number of nitrogens with zero attached hydrogens (tertiary/aromatic N) is 1. The zero-order valence-corrected chi connectivity index (χ0v) is 13.1. The number of hydrogen-bond acceptors (Lipinski definition) is 2. The fraction of sp³-hybridized carbons (Fsp3) is 0.500. The van der Waals surface area contributed by atoms with Crippen LogP contribution in [0.4, 0.5) is 4.39 Å². The summed E-state index contributed by atoms with van der Waals surface area (Å²) in [4.78, 5) is 14.1. The van der Waals surface area contributed by atoms with Gasteiger partial charge in [0.15, 0.2) is 0 Å². The number of halogens is 3. The highest BCUT2D eigenvalue weighted by atomic mass is 35.5. The van der Waals surface area contributed by atoms with Gasteiger partial charge in [-0.15, -0.1) is 12.4 Å². The molecule has 1 aliphatic rings. The molecule has 1 fully saturated rings. The van der Waals surface area contributed by atoms with Crippen molar-refractivity contribution in [2.24, 2.45) is 11.1 Å². The van der Waals surface area contributed by atoms with Crippen molar-refractivity contribution in [1.82, 2.24) is 4.90 Å². The molecule has 0 radical (unpaired) electrons. The molecule has 1 aromatic carbocycles. The Balaban J connectivity index is 0.00000200. The molecule has 112 valence electrons. The molecule has 0 saturated carbocycles. The Hall–Kier alpha value is -0.840. The first-order chi connectivity index (χ1) is 8.83. The topological polar surface area (TPSA) is 46.3 Å². The minimum atomic E-state index is -0.569. The standard InChI is InChI=1S/C14H18ClFN2O.ClH/c1-14(2)8-18(7-6-11(14)17)13(19)9-4-3-5-10(16)12(9)15;/h3-5,11H,6-8,17H2,1-2H3;1H. The maximum absolute atomic E-state index is 13.4. The van der Waals surface area contributed by atoms with Gasteiger partial charge < -0.3 is 10.6 Å². The van der Waals surface area contributed by atoms with Gasteiger partial charge in [0.25, 0.3) is 5.91 Å². The van der Waals surface area contributed by atoms with Gasteiger partial charge in [-0.05, 0) is 24.0 Å². The lowest BCUT2D eigenvalue weighted by Crippen LogP contribution is -2.54. The van der Waals surface area contributed by atoms with Crippen molar-refractivity contribution in [3.8, 4) is 0 Å². The Labute approximate surface area is 129 Å². The fourth-order valence-corrected chi connectivity index (χ4v) is 2.59. The van der Waals surface area contributed by atoms with Crippen LogP contribution in [0.15, 0.2) is 18.2 Å². The van der Waals surface area contributed by atoms with Gasteiger partial charge in [0, 0.05) is 19.1 Å². The summed E-state index contributed by atoms with van der Waals surface area (Å²) in [6.45, 7) is 5.20. The van der Waals surface area contributed by atoms with E-state index in [0.717, 1.165) is 6.42 Å². The van der Waals surface area contributed by atoms with Crippen LogP contribution >= 0.6 is 24.0 Å². The summed E-state index contributed by atoms with van der Waals surface area (Å²) in [6, 6.07) is 4.36. The summed E-state index contributed by atoms with van der Waals surface area (Å²) in [5.41, 5.74) is 6.11. The molecule has 0 bridgehead atoms. The summed E-state index contributed by atoms with van der Waals surface area (Å²) in [5, 5.41) is -0.111. The van der Waals surface area contributed by atoms with Gasteiger partial charge in [-0.1, -0.05) is 31.5 Å². The molecule has 1 heterocycles. The van der Waals surface area contributed by atoms with E-state index in [2.05, 4.69) is 0 Å². The van der Waals surface area contributed by atoms with Gasteiger partial charge in [0.1, 0.15) is 5.82 Å². The molecule has 1 atom stereocenters. The van der Waals surface area contributed by atoms with Crippen LogP contribution in [0.5, 0.6) is 0 Å². The predicted octanol–water partition coefficient (Wildman–Crippen LogP) is 3.10. The second-order valence-corrected chi connectivity index (χ2v) is 6.09. The molecule has 0 aliphatic carbocycles. The molecular weight excluding hydrogens is 302 g/mol. The van der Waals surface area contributed by atoms with Crippen molar-refractivity contribution in [3.63, 3.8) is 0 Å². The summed E-state index contributed by atoms with van der Waals surface area (Å²) in [7, 11) is 0. The molecule has 3 nitrogen and oxygen atoms in total. The Morgan fingerprint density at radius 2 is 2.15 bits per heavy atom. The van der Waals surface area contributed by atoms with Gasteiger partial charge in [0.05, 0.1) is 10.6 Å². The zero-order chi connectivity index (χ0) is 14.2. The van der Waals surface area contributed by atoms with E-state index in [1.54, 1.807) is 11.0 Å². The largest absolute Gasteiger partial charge is 0.338 e. The SMILES string of the molecule is CC1(C)CN(C(=O)c2cccc(F)c2Cl)CCC1N.Cl. The molecule has 1 aromatic rings. The minimum absolute atomic E-state index is 0. The molecule has 0 spiro atoms. The van der Waals surface area contributed by atoms with Crippen LogP contribution in [0.3, 0.4) is 0 Å². The molecule has 6 heteroatoms. The number of rotatable bonds is 1. The third kappa shape index (κ3) is 3.25. The number of carbonyl (C=O) groups excluding carboxylic acids is 1. The van der Waals surface area contributed by atoms with Crippen molar-refractivity contribution < 1.29 is 9.18 Å². The third-order valence-electron chi connectivity index (χ3n) is 3.78. The van der Waals surface area contributed by atoms with E-state index >= 15 is 0 Å². The van der Waals surface area contributed by atoms with Gasteiger partial charge >= 0.3 is 0 Å². The molecule has 20 heavy (non-hydrogen) atoms. The van der Waals surface area contributed by atoms with Gasteiger partial charge in [-0.25, -0.2) is 4.39 Å². The molecule has 2 N–H and O–H groups in total. The lowest BCUT2D eigenvalue weighted by atomic mass is 9.79. The Kier molecular flexibility index (Phi) is 5.41. The maximum atomic E-state index is 13.4. The number of nitrogens with two attached hydrogens (primary N) is 1. The number of likely N-dealkylation sites (tertiary alicyclic amines) is 1. The molecule has 2 rings (SSSR count). The monoisotopic (exact) mass is 320 g/mol. The van der Waals surface area contributed by atoms with E-state index in [0.29, 0.717) is 13.1 Å². The lowest BCUT2D eigenvalue weighted by molar-refractivity contribution is 0.0532. The number of carbonyl (C=O) groups is 1. The normalized spacial score (nSPS) is 21.2. The number of amides is 1. The van der Waals surface area contributed by atoms with Gasteiger partial charge in [-0.2, -0.15) is 0 Å². The number of hydrogen-bond donors (Lipinski definition) is 1. The molecular formula is C14H19Cl2FN2O. The quantitative estimate of drug-likeness (QED) is 0.864. The fourth-order valence-electron chi connectivity index (χ4n) is 2.39. The van der Waals surface area contributed by atoms with Crippen molar-refractivity contribution in [3.05, 3.63) is 34.6 Å². The van der Waals surface area contributed by atoms with Crippen LogP contribution in [0, 0.1) is 11.2 Å². The second-order valence-electron chi connectivity index (χ2n) is 5.71. The summed E-state index contributed by atoms with van der Waals surface area (Å²) in [6.07, 6.45) is 0.742. The Bertz CT molecular complexity index is 508. The van der Waals surface area contributed by atoms with Crippen molar-refractivity contribution in [1.29, 1.82) is 0 Å². The number of piperidine rings is 1. The molecule has 0 aromatic heterocycles. The highest BCUT2D eigenvalue weighted by Crippen LogP contribution is 2.30. The Morgan fingerprint density at radius 3 is 2.75 bits per heavy atom. The first-order valence-electron chi connectivity index (χ1n) is 6.32. The third-order valence-corrected chi connectivity index (χ3v) is 4.17. The van der Waals surface area contributed by atoms with Crippen molar-refractivity contribution >= 4 is 29.9 Å². The highest BCUT2D eigenvalue weighted by Gasteiger charge is 2.36. The summed E-state index contributed by atoms with van der Waals surface area (Å²) >= 11 is 5.86. The Morgan fingerprint density at radius 1 is 1.50 bits per heavy atom. The van der Waals surface area contributed by atoms with Crippen LogP contribution in [0.2, 0.25) is 5.02 Å². The van der Waals surface area contributed by atoms with E-state index in [1.165, 1.54) is 12.1 Å². The van der Waals surface area contributed by atoms with E-state index in [1.807, 2.05) is 13.8 Å². The van der Waals surface area contributed by atoms with Crippen LogP contribution < -0.4 is 5.73 Å². The second kappa shape index (κ2) is 6.29. The van der Waals surface area contributed by atoms with Crippen LogP contribution in [-0.2, 0) is 0 Å². The van der Waals surface area contributed by atoms with Gasteiger partial charge in [0.2, 0.25) is 0 Å². The zero-order valence-electron chi connectivity index (χ0n) is 11.5. The van der Waals surface area contributed by atoms with Crippen LogP contribution in [-0.4, -0.2) is 29.9 Å². The first kappa shape index (κ1) is 17.2. The van der Waals surface area contributed by atoms with E-state index in [-0.39, 0.29) is 40.4 Å². The smallest absolute Gasteiger partial charge is 0.255 e. The minimum Gasteiger partial charge on any atom is -0.338 e. The van der Waals surface area contributed by atoms with E-state index in [4.69, 9.17) is 17.3 Å². The average Bonchev–Trinajstić information content (AvgIpc) is 2.35. The van der Waals surface area contributed by atoms with Crippen molar-refractivity contribution in [2.45, 2.75) is 26.3 Å². The summed E-state index contributed by atoms with van der Waals surface area (Å²) in [5.74, 6) is -0.801. The van der Waals surface area contributed by atoms with Crippen LogP contribution in [0.1, 0.15) is 30.6 Å². The maximum Gasteiger partial charge on any atom is 0.255 e. The first-order valence-corrected chi connectivity index (χ1v) is 6.69. The molecule has 1 amide bonds. The predicted molar refractivity (Wildman–Crippen MR) is 80.9 cm³/mol. The summed E-state index contributed by atoms with van der Waals surface area (Å²) < 4.78 is 13.4. The number of benzene rings is 1. The van der Waals surface area contributed by atoms with Crippen LogP contribution in [0.25, 0.3) is 0 Å². The van der Waals surface area contributed by atoms with E-state index < -0.39 is 5.82 Å². The highest BCUT2D eigenvalue weighted by molar-refractivity contribution is 6.34. The molecule has 1 saturated heterocycles. The van der Waals surface area contributed by atoms with Crippen molar-refractivity contribution in [2.75, 3.05) is 13.1 Å². The van der Waals surface area contributed by atoms with E-state index in [9.17, 15) is 9.18 Å². The molecule has 1 aliphatic heterocycles.